The Morgan fingerprint density at radius 2 is 1.64 bits per heavy atom. The summed E-state index contributed by atoms with van der Waals surface area (Å²) in [6.07, 6.45) is 0. The Kier molecular flexibility index (Phi) is 6.20. The molecule has 0 aliphatic carbocycles. The lowest BCUT2D eigenvalue weighted by Gasteiger charge is -2.25. The second-order valence-corrected chi connectivity index (χ2v) is 8.12. The number of amides is 1. The molecule has 1 aliphatic heterocycles. The third kappa shape index (κ3) is 4.09. The molecule has 6 nitrogen and oxygen atoms in total. The number of methoxy groups -OCH3 is 2. The molecule has 1 heterocycles. The fraction of sp³-hybridized carbons (Fsp3) is 0.120. The normalized spacial score (nSPS) is 17.3. The van der Waals surface area contributed by atoms with Crippen molar-refractivity contribution in [3.63, 3.8) is 0 Å². The number of ketones is 1. The Bertz CT molecular complexity index is 1250. The van der Waals surface area contributed by atoms with E-state index in [1.807, 2.05) is 0 Å². The molecule has 4 rings (SSSR count). The monoisotopic (exact) mass is 511 g/mol. The van der Waals surface area contributed by atoms with Crippen molar-refractivity contribution < 1.29 is 28.6 Å². The van der Waals surface area contributed by atoms with Crippen molar-refractivity contribution in [1.82, 2.24) is 0 Å². The average molecular weight is 512 g/mol. The Morgan fingerprint density at radius 3 is 2.21 bits per heavy atom. The van der Waals surface area contributed by atoms with Gasteiger partial charge < -0.3 is 14.6 Å². The van der Waals surface area contributed by atoms with Crippen molar-refractivity contribution in [2.75, 3.05) is 19.1 Å². The van der Waals surface area contributed by atoms with Crippen LogP contribution in [0.4, 0.5) is 10.1 Å². The van der Waals surface area contributed by atoms with E-state index in [2.05, 4.69) is 15.9 Å². The number of rotatable bonds is 5. The van der Waals surface area contributed by atoms with Crippen molar-refractivity contribution in [3.05, 3.63) is 93.7 Å². The van der Waals surface area contributed by atoms with E-state index in [4.69, 9.17) is 9.47 Å². The van der Waals surface area contributed by atoms with Crippen LogP contribution in [-0.4, -0.2) is 31.0 Å². The molecule has 168 valence electrons. The van der Waals surface area contributed by atoms with E-state index in [0.29, 0.717) is 32.8 Å². The van der Waals surface area contributed by atoms with Gasteiger partial charge in [-0.05, 0) is 76.1 Å². The van der Waals surface area contributed by atoms with E-state index in [9.17, 15) is 19.1 Å². The van der Waals surface area contributed by atoms with Gasteiger partial charge in [0.1, 0.15) is 23.1 Å². The molecule has 1 unspecified atom stereocenters. The first-order chi connectivity index (χ1) is 15.8. The minimum Gasteiger partial charge on any atom is -0.507 e. The van der Waals surface area contributed by atoms with Crippen molar-refractivity contribution in [3.8, 4) is 11.5 Å². The second kappa shape index (κ2) is 9.07. The number of ether oxygens (including phenoxy) is 2. The van der Waals surface area contributed by atoms with Gasteiger partial charge >= 0.3 is 0 Å². The lowest BCUT2D eigenvalue weighted by atomic mass is 9.95. The fourth-order valence-corrected chi connectivity index (χ4v) is 4.31. The summed E-state index contributed by atoms with van der Waals surface area (Å²) < 4.78 is 24.6. The lowest BCUT2D eigenvalue weighted by Crippen LogP contribution is -2.29. The number of benzene rings is 3. The number of hydrogen-bond acceptors (Lipinski definition) is 5. The van der Waals surface area contributed by atoms with Crippen LogP contribution < -0.4 is 14.4 Å². The minimum absolute atomic E-state index is 0.0977. The Labute approximate surface area is 198 Å². The minimum atomic E-state index is -0.958. The summed E-state index contributed by atoms with van der Waals surface area (Å²) in [7, 11) is 3.03. The number of hydrogen-bond donors (Lipinski definition) is 1. The van der Waals surface area contributed by atoms with Crippen LogP contribution in [0.25, 0.3) is 5.76 Å². The standard InChI is InChI=1S/C25H19BrFNO5/c1-32-18-10-8-17(9-11-18)28-22(14-3-6-16(27)7-4-14)21(24(30)25(28)31)23(29)15-5-12-20(33-2)19(26)13-15/h3-13,22,29H,1-2H3/b23-21-. The van der Waals surface area contributed by atoms with Crippen LogP contribution >= 0.6 is 15.9 Å². The van der Waals surface area contributed by atoms with Crippen LogP contribution in [0.1, 0.15) is 17.2 Å². The van der Waals surface area contributed by atoms with Crippen molar-refractivity contribution >= 4 is 39.1 Å². The van der Waals surface area contributed by atoms with Gasteiger partial charge in [-0.3, -0.25) is 14.5 Å². The molecular formula is C25H19BrFNO5. The first kappa shape index (κ1) is 22.5. The molecular weight excluding hydrogens is 493 g/mol. The molecule has 0 spiro atoms. The Hall–Kier alpha value is -3.65. The summed E-state index contributed by atoms with van der Waals surface area (Å²) in [6.45, 7) is 0. The number of carbonyl (C=O) groups excluding carboxylic acids is 2. The Balaban J connectivity index is 1.91. The third-order valence-corrected chi connectivity index (χ3v) is 6.03. The molecule has 0 aromatic heterocycles. The molecule has 1 atom stereocenters. The van der Waals surface area contributed by atoms with Gasteiger partial charge in [0.05, 0.1) is 30.3 Å². The molecule has 0 saturated carbocycles. The topological polar surface area (TPSA) is 76.1 Å². The molecule has 3 aromatic carbocycles. The van der Waals surface area contributed by atoms with Crippen molar-refractivity contribution in [2.45, 2.75) is 6.04 Å². The summed E-state index contributed by atoms with van der Waals surface area (Å²) in [4.78, 5) is 27.6. The number of carbonyl (C=O) groups is 2. The lowest BCUT2D eigenvalue weighted by molar-refractivity contribution is -0.132. The van der Waals surface area contributed by atoms with Gasteiger partial charge in [-0.1, -0.05) is 12.1 Å². The van der Waals surface area contributed by atoms with Crippen molar-refractivity contribution in [1.29, 1.82) is 0 Å². The van der Waals surface area contributed by atoms with Gasteiger partial charge in [0, 0.05) is 11.3 Å². The first-order valence-corrected chi connectivity index (χ1v) is 10.7. The van der Waals surface area contributed by atoms with Gasteiger partial charge in [-0.25, -0.2) is 4.39 Å². The number of nitrogens with zero attached hydrogens (tertiary/aromatic N) is 1. The van der Waals surface area contributed by atoms with Gasteiger partial charge in [0.2, 0.25) is 0 Å². The van der Waals surface area contributed by atoms with Crippen LogP contribution in [0.3, 0.4) is 0 Å². The molecule has 3 aromatic rings. The summed E-state index contributed by atoms with van der Waals surface area (Å²) >= 11 is 3.37. The predicted octanol–water partition coefficient (Wildman–Crippen LogP) is 5.23. The number of aliphatic hydroxyl groups excluding tert-OH is 1. The van der Waals surface area contributed by atoms with E-state index in [1.165, 1.54) is 43.4 Å². The van der Waals surface area contributed by atoms with E-state index in [0.717, 1.165) is 0 Å². The maximum atomic E-state index is 13.6. The highest BCUT2D eigenvalue weighted by Crippen LogP contribution is 2.43. The number of Topliss-reactive ketones (excluding diaryl/α,β-unsaturated/α-hetero) is 1. The van der Waals surface area contributed by atoms with Gasteiger partial charge in [-0.2, -0.15) is 0 Å². The molecule has 1 amide bonds. The molecule has 0 radical (unpaired) electrons. The zero-order chi connectivity index (χ0) is 23.7. The fourth-order valence-electron chi connectivity index (χ4n) is 3.77. The summed E-state index contributed by atoms with van der Waals surface area (Å²) in [5.41, 5.74) is 1.13. The van der Waals surface area contributed by atoms with Gasteiger partial charge in [0.15, 0.2) is 0 Å². The van der Waals surface area contributed by atoms with Crippen LogP contribution in [0, 0.1) is 5.82 Å². The van der Waals surface area contributed by atoms with Crippen LogP contribution in [0.5, 0.6) is 11.5 Å². The van der Waals surface area contributed by atoms with Crippen LogP contribution in [0.2, 0.25) is 0 Å². The second-order valence-electron chi connectivity index (χ2n) is 7.27. The number of aliphatic hydroxyl groups is 1. The molecule has 1 saturated heterocycles. The quantitative estimate of drug-likeness (QED) is 0.288. The van der Waals surface area contributed by atoms with Crippen molar-refractivity contribution in [2.24, 2.45) is 0 Å². The average Bonchev–Trinajstić information content (AvgIpc) is 3.09. The highest BCUT2D eigenvalue weighted by atomic mass is 79.9. The molecule has 1 fully saturated rings. The predicted molar refractivity (Wildman–Crippen MR) is 125 cm³/mol. The zero-order valence-corrected chi connectivity index (χ0v) is 19.3. The van der Waals surface area contributed by atoms with E-state index in [-0.39, 0.29) is 11.3 Å². The molecule has 33 heavy (non-hydrogen) atoms. The SMILES string of the molecule is COc1ccc(N2C(=O)C(=O)/C(=C(\O)c3ccc(OC)c(Br)c3)C2c2ccc(F)cc2)cc1. The van der Waals surface area contributed by atoms with Crippen LogP contribution in [-0.2, 0) is 9.59 Å². The Morgan fingerprint density at radius 1 is 0.970 bits per heavy atom. The highest BCUT2D eigenvalue weighted by molar-refractivity contribution is 9.10. The summed E-state index contributed by atoms with van der Waals surface area (Å²) in [5, 5.41) is 11.2. The number of anilines is 1. The summed E-state index contributed by atoms with van der Waals surface area (Å²) in [6, 6.07) is 15.9. The van der Waals surface area contributed by atoms with E-state index >= 15 is 0 Å². The van der Waals surface area contributed by atoms with E-state index in [1.54, 1.807) is 42.5 Å². The maximum absolute atomic E-state index is 13.6. The molecule has 0 bridgehead atoms. The first-order valence-electron chi connectivity index (χ1n) is 9.90. The molecule has 8 heteroatoms. The largest absolute Gasteiger partial charge is 0.507 e. The smallest absolute Gasteiger partial charge is 0.300 e. The zero-order valence-electron chi connectivity index (χ0n) is 17.7. The maximum Gasteiger partial charge on any atom is 0.300 e. The van der Waals surface area contributed by atoms with Crippen LogP contribution in [0.15, 0.2) is 76.8 Å². The van der Waals surface area contributed by atoms with E-state index < -0.39 is 23.5 Å². The summed E-state index contributed by atoms with van der Waals surface area (Å²) in [5.74, 6) is -1.33. The molecule has 1 N–H and O–H groups in total. The molecule has 1 aliphatic rings. The van der Waals surface area contributed by atoms with Gasteiger partial charge in [-0.15, -0.1) is 0 Å². The highest BCUT2D eigenvalue weighted by Gasteiger charge is 2.47. The number of halogens is 2. The third-order valence-electron chi connectivity index (χ3n) is 5.41. The van der Waals surface area contributed by atoms with Gasteiger partial charge in [0.25, 0.3) is 11.7 Å².